The molecule has 17 heavy (non-hydrogen) atoms. The minimum absolute atomic E-state index is 0.357. The van der Waals surface area contributed by atoms with E-state index in [-0.39, 0.29) is 0 Å². The standard InChI is InChI=1S/C14H31N3/c1-13(2)14(15)7-12-16(3)8-6-11-17-9-4-5-10-17/h13-14H,4-12,15H2,1-3H3. The van der Waals surface area contributed by atoms with Crippen LogP contribution in [0.3, 0.4) is 0 Å². The van der Waals surface area contributed by atoms with E-state index in [1.165, 1.54) is 45.4 Å². The third-order valence-electron chi connectivity index (χ3n) is 3.91. The van der Waals surface area contributed by atoms with Crippen LogP contribution in [0.5, 0.6) is 0 Å². The van der Waals surface area contributed by atoms with E-state index in [0.29, 0.717) is 12.0 Å². The molecule has 0 aliphatic carbocycles. The Balaban J connectivity index is 1.98. The molecule has 1 unspecified atom stereocenters. The minimum atomic E-state index is 0.357. The van der Waals surface area contributed by atoms with Crippen molar-refractivity contribution in [3.63, 3.8) is 0 Å². The van der Waals surface area contributed by atoms with Crippen LogP contribution < -0.4 is 5.73 Å². The zero-order valence-electron chi connectivity index (χ0n) is 12.0. The summed E-state index contributed by atoms with van der Waals surface area (Å²) in [6.45, 7) is 10.7. The van der Waals surface area contributed by atoms with Crippen molar-refractivity contribution < 1.29 is 0 Å². The van der Waals surface area contributed by atoms with Gasteiger partial charge < -0.3 is 15.5 Å². The van der Waals surface area contributed by atoms with E-state index in [9.17, 15) is 0 Å². The predicted molar refractivity (Wildman–Crippen MR) is 75.2 cm³/mol. The van der Waals surface area contributed by atoms with Crippen LogP contribution in [0.1, 0.15) is 39.5 Å². The average Bonchev–Trinajstić information content (AvgIpc) is 2.78. The Morgan fingerprint density at radius 2 is 1.82 bits per heavy atom. The van der Waals surface area contributed by atoms with Gasteiger partial charge >= 0.3 is 0 Å². The smallest absolute Gasteiger partial charge is 0.00740 e. The molecule has 2 N–H and O–H groups in total. The summed E-state index contributed by atoms with van der Waals surface area (Å²) >= 11 is 0. The zero-order valence-corrected chi connectivity index (χ0v) is 12.0. The predicted octanol–water partition coefficient (Wildman–Crippen LogP) is 1.78. The summed E-state index contributed by atoms with van der Waals surface area (Å²) in [5, 5.41) is 0. The van der Waals surface area contributed by atoms with Crippen LogP contribution in [0.25, 0.3) is 0 Å². The second-order valence-electron chi connectivity index (χ2n) is 5.90. The highest BCUT2D eigenvalue weighted by Gasteiger charge is 2.11. The first-order valence-electron chi connectivity index (χ1n) is 7.26. The van der Waals surface area contributed by atoms with Crippen LogP contribution in [-0.4, -0.2) is 55.6 Å². The lowest BCUT2D eigenvalue weighted by molar-refractivity contribution is 0.267. The summed E-state index contributed by atoms with van der Waals surface area (Å²) in [5.74, 6) is 0.605. The average molecular weight is 241 g/mol. The Kier molecular flexibility index (Phi) is 7.09. The van der Waals surface area contributed by atoms with Gasteiger partial charge in [-0.2, -0.15) is 0 Å². The first-order valence-corrected chi connectivity index (χ1v) is 7.26. The van der Waals surface area contributed by atoms with Crippen LogP contribution in [0.15, 0.2) is 0 Å². The molecule has 0 aromatic heterocycles. The van der Waals surface area contributed by atoms with Gasteiger partial charge in [0.25, 0.3) is 0 Å². The lowest BCUT2D eigenvalue weighted by Gasteiger charge is -2.22. The molecule has 0 amide bonds. The summed E-state index contributed by atoms with van der Waals surface area (Å²) in [4.78, 5) is 5.02. The van der Waals surface area contributed by atoms with E-state index in [2.05, 4.69) is 30.7 Å². The molecule has 1 rings (SSSR count). The molecule has 1 aliphatic rings. The number of nitrogens with two attached hydrogens (primary N) is 1. The lowest BCUT2D eigenvalue weighted by Crippen LogP contribution is -2.33. The Bertz CT molecular complexity index is 188. The maximum absolute atomic E-state index is 6.06. The fourth-order valence-corrected chi connectivity index (χ4v) is 2.39. The van der Waals surface area contributed by atoms with E-state index in [4.69, 9.17) is 5.73 Å². The minimum Gasteiger partial charge on any atom is -0.327 e. The van der Waals surface area contributed by atoms with Gasteiger partial charge in [0, 0.05) is 6.04 Å². The molecule has 0 aromatic rings. The lowest BCUT2D eigenvalue weighted by atomic mass is 10.0. The topological polar surface area (TPSA) is 32.5 Å². The fraction of sp³-hybridized carbons (Fsp3) is 1.00. The van der Waals surface area contributed by atoms with Crippen molar-refractivity contribution in [2.75, 3.05) is 39.8 Å². The van der Waals surface area contributed by atoms with Gasteiger partial charge in [-0.15, -0.1) is 0 Å². The van der Waals surface area contributed by atoms with Gasteiger partial charge in [0.1, 0.15) is 0 Å². The molecule has 0 saturated carbocycles. The number of rotatable bonds is 8. The van der Waals surface area contributed by atoms with Gasteiger partial charge in [0.2, 0.25) is 0 Å². The molecule has 102 valence electrons. The van der Waals surface area contributed by atoms with E-state index in [0.717, 1.165) is 13.0 Å². The molecule has 1 fully saturated rings. The number of nitrogens with zero attached hydrogens (tertiary/aromatic N) is 2. The Labute approximate surface area is 107 Å². The van der Waals surface area contributed by atoms with Gasteiger partial charge in [-0.25, -0.2) is 0 Å². The molecular weight excluding hydrogens is 210 g/mol. The van der Waals surface area contributed by atoms with Gasteiger partial charge in [0.05, 0.1) is 0 Å². The molecule has 0 radical (unpaired) electrons. The largest absolute Gasteiger partial charge is 0.327 e. The van der Waals surface area contributed by atoms with Crippen molar-refractivity contribution >= 4 is 0 Å². The fourth-order valence-electron chi connectivity index (χ4n) is 2.39. The maximum Gasteiger partial charge on any atom is 0.00740 e. The first-order chi connectivity index (χ1) is 8.09. The van der Waals surface area contributed by atoms with Crippen molar-refractivity contribution in [2.24, 2.45) is 11.7 Å². The maximum atomic E-state index is 6.06. The monoisotopic (exact) mass is 241 g/mol. The van der Waals surface area contributed by atoms with Gasteiger partial charge in [0.15, 0.2) is 0 Å². The third kappa shape index (κ3) is 6.39. The van der Waals surface area contributed by atoms with Crippen molar-refractivity contribution in [3.05, 3.63) is 0 Å². The summed E-state index contributed by atoms with van der Waals surface area (Å²) < 4.78 is 0. The van der Waals surface area contributed by atoms with Crippen molar-refractivity contribution in [3.8, 4) is 0 Å². The second-order valence-corrected chi connectivity index (χ2v) is 5.90. The third-order valence-corrected chi connectivity index (χ3v) is 3.91. The van der Waals surface area contributed by atoms with Gasteiger partial charge in [-0.05, 0) is 71.4 Å². The van der Waals surface area contributed by atoms with Crippen LogP contribution in [-0.2, 0) is 0 Å². The van der Waals surface area contributed by atoms with E-state index in [1.807, 2.05) is 0 Å². The van der Waals surface area contributed by atoms with Gasteiger partial charge in [-0.3, -0.25) is 0 Å². The number of likely N-dealkylation sites (tertiary alicyclic amines) is 1. The zero-order chi connectivity index (χ0) is 12.7. The number of hydrogen-bond acceptors (Lipinski definition) is 3. The summed E-state index contributed by atoms with van der Waals surface area (Å²) in [6, 6.07) is 0.357. The molecule has 1 atom stereocenters. The van der Waals surface area contributed by atoms with Crippen LogP contribution in [0, 0.1) is 5.92 Å². The van der Waals surface area contributed by atoms with E-state index in [1.54, 1.807) is 0 Å². The quantitative estimate of drug-likeness (QED) is 0.703. The molecular formula is C14H31N3. The normalized spacial score (nSPS) is 19.4. The Morgan fingerprint density at radius 3 is 2.41 bits per heavy atom. The molecule has 3 heteroatoms. The van der Waals surface area contributed by atoms with Crippen molar-refractivity contribution in [1.29, 1.82) is 0 Å². The highest BCUT2D eigenvalue weighted by atomic mass is 15.1. The summed E-state index contributed by atoms with van der Waals surface area (Å²) in [6.07, 6.45) is 5.23. The van der Waals surface area contributed by atoms with Crippen molar-refractivity contribution in [2.45, 2.75) is 45.6 Å². The van der Waals surface area contributed by atoms with Crippen molar-refractivity contribution in [1.82, 2.24) is 9.80 Å². The van der Waals surface area contributed by atoms with Gasteiger partial charge in [-0.1, -0.05) is 13.8 Å². The Hall–Kier alpha value is -0.120. The SMILES string of the molecule is CC(C)C(N)CCN(C)CCCN1CCCC1. The Morgan fingerprint density at radius 1 is 1.18 bits per heavy atom. The van der Waals surface area contributed by atoms with E-state index >= 15 is 0 Å². The molecule has 0 spiro atoms. The molecule has 1 aliphatic heterocycles. The highest BCUT2D eigenvalue weighted by molar-refractivity contribution is 4.69. The molecule has 0 aromatic carbocycles. The second kappa shape index (κ2) is 8.06. The highest BCUT2D eigenvalue weighted by Crippen LogP contribution is 2.08. The first kappa shape index (κ1) is 14.9. The number of hydrogen-bond donors (Lipinski definition) is 1. The summed E-state index contributed by atoms with van der Waals surface area (Å²) in [5.41, 5.74) is 6.06. The van der Waals surface area contributed by atoms with E-state index < -0.39 is 0 Å². The molecule has 3 nitrogen and oxygen atoms in total. The molecule has 1 saturated heterocycles. The molecule has 1 heterocycles. The molecule has 0 bridgehead atoms. The van der Waals surface area contributed by atoms with Crippen LogP contribution in [0.2, 0.25) is 0 Å². The summed E-state index contributed by atoms with van der Waals surface area (Å²) in [7, 11) is 2.22. The van der Waals surface area contributed by atoms with Crippen LogP contribution in [0.4, 0.5) is 0 Å². The van der Waals surface area contributed by atoms with Crippen LogP contribution >= 0.6 is 0 Å².